The number of carbonyl (C=O) groups is 1. The van der Waals surface area contributed by atoms with Gasteiger partial charge in [0.1, 0.15) is 0 Å². The number of urea groups is 1. The molecule has 0 saturated heterocycles. The fourth-order valence-corrected chi connectivity index (χ4v) is 4.73. The Labute approximate surface area is 138 Å². The number of ether oxygens (including phenoxy) is 1. The highest BCUT2D eigenvalue weighted by atomic mass is 16.5. The molecular formula is C18H27N3O2. The molecule has 1 spiro atoms. The highest BCUT2D eigenvalue weighted by Gasteiger charge is 2.59. The lowest BCUT2D eigenvalue weighted by molar-refractivity contribution is -0.170. The van der Waals surface area contributed by atoms with E-state index in [2.05, 4.69) is 42.1 Å². The Morgan fingerprint density at radius 3 is 2.96 bits per heavy atom. The van der Waals surface area contributed by atoms with Crippen LogP contribution in [0.1, 0.15) is 51.3 Å². The molecule has 0 bridgehead atoms. The second kappa shape index (κ2) is 5.55. The van der Waals surface area contributed by atoms with Crippen LogP contribution in [-0.4, -0.2) is 40.8 Å². The molecular weight excluding hydrogens is 290 g/mol. The number of hydrogen-bond donors (Lipinski definition) is 1. The van der Waals surface area contributed by atoms with Crippen LogP contribution >= 0.6 is 0 Å². The predicted octanol–water partition coefficient (Wildman–Crippen LogP) is 2.92. The van der Waals surface area contributed by atoms with Gasteiger partial charge in [0.15, 0.2) is 0 Å². The van der Waals surface area contributed by atoms with Crippen LogP contribution in [-0.2, 0) is 11.3 Å². The molecule has 0 unspecified atom stereocenters. The average Bonchev–Trinajstić information content (AvgIpc) is 2.94. The molecule has 0 radical (unpaired) electrons. The number of nitrogens with one attached hydrogen (secondary N) is 1. The zero-order valence-corrected chi connectivity index (χ0v) is 14.1. The van der Waals surface area contributed by atoms with Crippen LogP contribution < -0.4 is 5.32 Å². The van der Waals surface area contributed by atoms with Gasteiger partial charge in [-0.15, -0.1) is 0 Å². The van der Waals surface area contributed by atoms with E-state index < -0.39 is 0 Å². The highest BCUT2D eigenvalue weighted by Crippen LogP contribution is 2.57. The monoisotopic (exact) mass is 317 g/mol. The minimum Gasteiger partial charge on any atom is -0.378 e. The van der Waals surface area contributed by atoms with Gasteiger partial charge in [-0.2, -0.15) is 0 Å². The first-order chi connectivity index (χ1) is 11.2. The van der Waals surface area contributed by atoms with Crippen molar-refractivity contribution in [2.45, 2.75) is 64.3 Å². The molecule has 2 amide bonds. The van der Waals surface area contributed by atoms with Crippen molar-refractivity contribution in [3.05, 3.63) is 24.0 Å². The van der Waals surface area contributed by atoms with Crippen molar-refractivity contribution >= 4 is 6.03 Å². The topological polar surface area (TPSA) is 46.5 Å². The molecule has 4 rings (SSSR count). The maximum Gasteiger partial charge on any atom is 0.318 e. The number of aromatic nitrogens is 1. The van der Waals surface area contributed by atoms with Crippen LogP contribution in [0.2, 0.25) is 0 Å². The van der Waals surface area contributed by atoms with Crippen molar-refractivity contribution in [2.24, 2.45) is 5.41 Å². The average molecular weight is 317 g/mol. The van der Waals surface area contributed by atoms with Gasteiger partial charge in [0.05, 0.1) is 12.1 Å². The third kappa shape index (κ3) is 2.20. The second-order valence-electron chi connectivity index (χ2n) is 7.26. The molecule has 1 aromatic rings. The fraction of sp³-hybridized carbons (Fsp3) is 0.722. The molecule has 2 saturated carbocycles. The largest absolute Gasteiger partial charge is 0.378 e. The maximum atomic E-state index is 12.8. The third-order valence-electron chi connectivity index (χ3n) is 6.34. The van der Waals surface area contributed by atoms with E-state index in [1.807, 2.05) is 4.90 Å². The number of nitrogens with zero attached hydrogens (tertiary/aromatic N) is 2. The van der Waals surface area contributed by atoms with Gasteiger partial charge in [-0.25, -0.2) is 4.79 Å². The Hall–Kier alpha value is -1.49. The zero-order chi connectivity index (χ0) is 16.0. The van der Waals surface area contributed by atoms with Gasteiger partial charge in [0.2, 0.25) is 0 Å². The minimum absolute atomic E-state index is 0.0937. The smallest absolute Gasteiger partial charge is 0.318 e. The summed E-state index contributed by atoms with van der Waals surface area (Å²) in [4.78, 5) is 14.8. The van der Waals surface area contributed by atoms with Gasteiger partial charge in [-0.05, 0) is 45.2 Å². The van der Waals surface area contributed by atoms with Gasteiger partial charge in [-0.1, -0.05) is 6.42 Å². The SMILES string of the molecule is CCO[C@@H]1C[C@H](NC(=O)N2CCn3cccc3[C@@H]2C)C12CCC2. The molecule has 2 heterocycles. The molecule has 126 valence electrons. The van der Waals surface area contributed by atoms with Gasteiger partial charge in [-0.3, -0.25) is 0 Å². The summed E-state index contributed by atoms with van der Waals surface area (Å²) in [5.41, 5.74) is 1.45. The van der Waals surface area contributed by atoms with Crippen LogP contribution in [0.25, 0.3) is 0 Å². The summed E-state index contributed by atoms with van der Waals surface area (Å²) in [5, 5.41) is 3.32. The Morgan fingerprint density at radius 2 is 2.26 bits per heavy atom. The van der Waals surface area contributed by atoms with E-state index in [9.17, 15) is 4.79 Å². The van der Waals surface area contributed by atoms with Crippen molar-refractivity contribution in [1.29, 1.82) is 0 Å². The van der Waals surface area contributed by atoms with Crippen LogP contribution in [0, 0.1) is 5.41 Å². The minimum atomic E-state index is 0.0937. The normalized spacial score (nSPS) is 31.2. The lowest BCUT2D eigenvalue weighted by Gasteiger charge is -2.61. The first-order valence-electron chi connectivity index (χ1n) is 8.99. The van der Waals surface area contributed by atoms with Crippen molar-refractivity contribution in [2.75, 3.05) is 13.2 Å². The van der Waals surface area contributed by atoms with E-state index in [-0.39, 0.29) is 17.5 Å². The van der Waals surface area contributed by atoms with Crippen molar-refractivity contribution in [3.8, 4) is 0 Å². The number of carbonyl (C=O) groups excluding carboxylic acids is 1. The van der Waals surface area contributed by atoms with Gasteiger partial charge in [0, 0.05) is 43.0 Å². The molecule has 1 aromatic heterocycles. The second-order valence-corrected chi connectivity index (χ2v) is 7.26. The molecule has 2 aliphatic carbocycles. The van der Waals surface area contributed by atoms with E-state index in [1.54, 1.807) is 0 Å². The fourth-order valence-electron chi connectivity index (χ4n) is 4.73. The Morgan fingerprint density at radius 1 is 1.43 bits per heavy atom. The lowest BCUT2D eigenvalue weighted by atomic mass is 9.51. The van der Waals surface area contributed by atoms with Crippen LogP contribution in [0.3, 0.4) is 0 Å². The quantitative estimate of drug-likeness (QED) is 0.932. The molecule has 0 aromatic carbocycles. The molecule has 1 aliphatic heterocycles. The molecule has 5 heteroatoms. The highest BCUT2D eigenvalue weighted by molar-refractivity contribution is 5.75. The van der Waals surface area contributed by atoms with E-state index in [0.29, 0.717) is 12.1 Å². The number of rotatable bonds is 3. The first-order valence-corrected chi connectivity index (χ1v) is 8.99. The number of amides is 2. The summed E-state index contributed by atoms with van der Waals surface area (Å²) in [6, 6.07) is 4.71. The molecule has 2 fully saturated rings. The summed E-state index contributed by atoms with van der Waals surface area (Å²) < 4.78 is 8.13. The van der Waals surface area contributed by atoms with Crippen LogP contribution in [0.4, 0.5) is 4.79 Å². The van der Waals surface area contributed by atoms with Crippen molar-refractivity contribution in [1.82, 2.24) is 14.8 Å². The molecule has 3 atom stereocenters. The predicted molar refractivity (Wildman–Crippen MR) is 88.2 cm³/mol. The van der Waals surface area contributed by atoms with E-state index in [1.165, 1.54) is 25.0 Å². The maximum absolute atomic E-state index is 12.8. The summed E-state index contributed by atoms with van der Waals surface area (Å²) in [5.74, 6) is 0. The van der Waals surface area contributed by atoms with Crippen LogP contribution in [0.5, 0.6) is 0 Å². The molecule has 23 heavy (non-hydrogen) atoms. The lowest BCUT2D eigenvalue weighted by Crippen LogP contribution is -2.68. The van der Waals surface area contributed by atoms with E-state index >= 15 is 0 Å². The van der Waals surface area contributed by atoms with E-state index in [0.717, 1.165) is 26.1 Å². The summed E-state index contributed by atoms with van der Waals surface area (Å²) in [6.07, 6.45) is 7.08. The molecule has 3 aliphatic rings. The zero-order valence-electron chi connectivity index (χ0n) is 14.1. The summed E-state index contributed by atoms with van der Waals surface area (Å²) in [7, 11) is 0. The van der Waals surface area contributed by atoms with E-state index in [4.69, 9.17) is 4.74 Å². The first kappa shape index (κ1) is 15.1. The van der Waals surface area contributed by atoms with Crippen molar-refractivity contribution in [3.63, 3.8) is 0 Å². The Kier molecular flexibility index (Phi) is 3.63. The van der Waals surface area contributed by atoms with Crippen LogP contribution in [0.15, 0.2) is 18.3 Å². The molecule has 1 N–H and O–H groups in total. The Balaban J connectivity index is 1.41. The van der Waals surface area contributed by atoms with Gasteiger partial charge < -0.3 is 19.5 Å². The summed E-state index contributed by atoms with van der Waals surface area (Å²) in [6.45, 7) is 6.62. The molecule has 5 nitrogen and oxygen atoms in total. The van der Waals surface area contributed by atoms with Gasteiger partial charge in [0.25, 0.3) is 0 Å². The van der Waals surface area contributed by atoms with Crippen molar-refractivity contribution < 1.29 is 9.53 Å². The number of hydrogen-bond acceptors (Lipinski definition) is 2. The Bertz CT molecular complexity index is 593. The third-order valence-corrected chi connectivity index (χ3v) is 6.34. The standard InChI is InChI=1S/C18H27N3O2/c1-3-23-16-12-15(18(16)7-5-8-18)19-17(22)21-11-10-20-9-4-6-14(20)13(21)2/h4,6,9,13,15-16H,3,5,7-8,10-12H2,1-2H3,(H,19,22)/t13-,15-,16+/m0/s1. The van der Waals surface area contributed by atoms with Gasteiger partial charge >= 0.3 is 6.03 Å². The number of fused-ring (bicyclic) bond motifs is 1. The summed E-state index contributed by atoms with van der Waals surface area (Å²) >= 11 is 0.